The van der Waals surface area contributed by atoms with Gasteiger partial charge in [-0.15, -0.1) is 0 Å². The van der Waals surface area contributed by atoms with Crippen LogP contribution < -0.4 is 11.1 Å². The molecule has 2 aromatic carbocycles. The number of nitrogens with two attached hydrogens (primary N) is 1. The molecule has 0 bridgehead atoms. The van der Waals surface area contributed by atoms with Gasteiger partial charge in [0.05, 0.1) is 23.9 Å². The quantitative estimate of drug-likeness (QED) is 0.189. The third-order valence-corrected chi connectivity index (χ3v) is 14.6. The minimum Gasteiger partial charge on any atom is -0.461 e. The summed E-state index contributed by atoms with van der Waals surface area (Å²) >= 11 is 0. The lowest BCUT2D eigenvalue weighted by molar-refractivity contribution is -0.220. The molecular formula is C46H50FN3O9. The summed E-state index contributed by atoms with van der Waals surface area (Å²) in [7, 11) is 0. The van der Waals surface area contributed by atoms with Crippen LogP contribution in [0.25, 0.3) is 10.8 Å². The molecule has 0 saturated heterocycles. The number of ether oxygens (including phenoxy) is 2. The number of benzene rings is 2. The molecule has 310 valence electrons. The van der Waals surface area contributed by atoms with Crippen LogP contribution >= 0.6 is 0 Å². The van der Waals surface area contributed by atoms with Crippen molar-refractivity contribution in [1.82, 2.24) is 4.98 Å². The molecule has 3 aromatic rings. The Kier molecular flexibility index (Phi) is 10.2. The van der Waals surface area contributed by atoms with E-state index in [0.29, 0.717) is 41.6 Å². The number of halogens is 1. The molecule has 3 unspecified atom stereocenters. The molecule has 11 atom stereocenters. The standard InChI is InChI=1S/C46H50FN3O9/c1-25-16-37-36-11-9-30-18-32(51)12-14-43(30,2)45(36,47)38(52)20-44(37,3)46(25,57)39(53)24-59-42(56)34-19-33(34)41(55)58-23-26-4-6-27(7-5-26)35(21-48)40(54)50-31-10-8-29-22-49-15-13-28(29)17-31/h4-8,10,12-15,17-18,22,25,33-38,52,57H,9,11,16,19-21,23-24,48H2,1-3H3,(H,50,54)/t25-,33?,34?,35?,36+,37+,38+,43+,44+,45+,46+/m1/s1. The van der Waals surface area contributed by atoms with Gasteiger partial charge in [0.1, 0.15) is 12.2 Å². The van der Waals surface area contributed by atoms with Crippen molar-refractivity contribution >= 4 is 45.9 Å². The summed E-state index contributed by atoms with van der Waals surface area (Å²) in [4.78, 5) is 69.3. The van der Waals surface area contributed by atoms with E-state index >= 15 is 4.39 Å². The van der Waals surface area contributed by atoms with E-state index in [0.717, 1.165) is 10.8 Å². The van der Waals surface area contributed by atoms with Gasteiger partial charge in [-0.1, -0.05) is 55.8 Å². The molecule has 5 aliphatic carbocycles. The third kappa shape index (κ3) is 6.52. The number of rotatable bonds is 11. The summed E-state index contributed by atoms with van der Waals surface area (Å²) in [6.07, 6.45) is 7.41. The first-order chi connectivity index (χ1) is 28.0. The molecule has 4 saturated carbocycles. The van der Waals surface area contributed by atoms with Gasteiger partial charge in [0.2, 0.25) is 11.7 Å². The van der Waals surface area contributed by atoms with Crippen LogP contribution in [0.4, 0.5) is 10.1 Å². The SMILES string of the molecule is C[C@@H]1C[C@H]2[C@@H]3CCC4=CC(=O)C=C[C@]4(C)[C@@]3(F)[C@@H](O)C[C@]2(C)[C@@]1(O)C(=O)COC(=O)C1CC1C(=O)OCc1ccc(C(CN)C(=O)Nc2ccc3cnccc3c2)cc1. The Morgan fingerprint density at radius 1 is 1.00 bits per heavy atom. The number of allylic oxidation sites excluding steroid dienone is 4. The Hall–Kier alpha value is -5.11. The number of aliphatic hydroxyl groups is 2. The monoisotopic (exact) mass is 807 g/mol. The molecule has 1 amide bonds. The number of ketones is 2. The molecule has 1 aromatic heterocycles. The van der Waals surface area contributed by atoms with Crippen molar-refractivity contribution < 1.29 is 48.0 Å². The normalized spacial score (nSPS) is 34.8. The van der Waals surface area contributed by atoms with Crippen LogP contribution in [0.15, 0.2) is 84.7 Å². The fraction of sp³-hybridized carbons (Fsp3) is 0.478. The largest absolute Gasteiger partial charge is 0.461 e. The van der Waals surface area contributed by atoms with Crippen molar-refractivity contribution in [2.75, 3.05) is 18.5 Å². The van der Waals surface area contributed by atoms with Crippen molar-refractivity contribution in [3.8, 4) is 0 Å². The fourth-order valence-electron chi connectivity index (χ4n) is 11.1. The number of fused-ring (bicyclic) bond motifs is 6. The molecule has 59 heavy (non-hydrogen) atoms. The highest BCUT2D eigenvalue weighted by molar-refractivity contribution is 6.01. The average molecular weight is 808 g/mol. The smallest absolute Gasteiger partial charge is 0.310 e. The zero-order chi connectivity index (χ0) is 42.1. The second kappa shape index (κ2) is 14.9. The minimum atomic E-state index is -2.11. The van der Waals surface area contributed by atoms with Gasteiger partial charge in [0.15, 0.2) is 18.1 Å². The van der Waals surface area contributed by atoms with Gasteiger partial charge >= 0.3 is 11.9 Å². The van der Waals surface area contributed by atoms with E-state index in [1.165, 1.54) is 12.2 Å². The second-order valence-electron chi connectivity index (χ2n) is 17.7. The summed E-state index contributed by atoms with van der Waals surface area (Å²) in [5.41, 5.74) is 2.11. The molecule has 4 fully saturated rings. The highest BCUT2D eigenvalue weighted by Gasteiger charge is 2.75. The maximum Gasteiger partial charge on any atom is 0.310 e. The molecule has 5 aliphatic rings. The van der Waals surface area contributed by atoms with Crippen molar-refractivity contribution in [3.05, 3.63) is 95.9 Å². The first kappa shape index (κ1) is 40.7. The highest BCUT2D eigenvalue weighted by Crippen LogP contribution is 2.70. The van der Waals surface area contributed by atoms with Crippen molar-refractivity contribution in [2.24, 2.45) is 46.2 Å². The van der Waals surface area contributed by atoms with Gasteiger partial charge in [-0.05, 0) is 97.7 Å². The number of carbonyl (C=O) groups is 5. The van der Waals surface area contributed by atoms with Crippen LogP contribution in [0.1, 0.15) is 69.9 Å². The Morgan fingerprint density at radius 3 is 2.46 bits per heavy atom. The number of nitrogens with zero attached hydrogens (tertiary/aromatic N) is 1. The lowest BCUT2D eigenvalue weighted by Crippen LogP contribution is -2.69. The number of amides is 1. The predicted octanol–water partition coefficient (Wildman–Crippen LogP) is 5.06. The maximum absolute atomic E-state index is 17.5. The van der Waals surface area contributed by atoms with E-state index < -0.39 is 88.0 Å². The van der Waals surface area contributed by atoms with E-state index in [1.807, 2.05) is 18.2 Å². The van der Waals surface area contributed by atoms with Crippen molar-refractivity contribution in [3.63, 3.8) is 0 Å². The molecule has 5 N–H and O–H groups in total. The van der Waals surface area contributed by atoms with E-state index in [1.54, 1.807) is 69.6 Å². The van der Waals surface area contributed by atoms with Crippen LogP contribution in [-0.4, -0.2) is 75.1 Å². The summed E-state index contributed by atoms with van der Waals surface area (Å²) in [6, 6.07) is 14.4. The summed E-state index contributed by atoms with van der Waals surface area (Å²) in [6.45, 7) is 4.43. The van der Waals surface area contributed by atoms with Gasteiger partial charge < -0.3 is 30.7 Å². The number of carbonyl (C=O) groups excluding carboxylic acids is 5. The van der Waals surface area contributed by atoms with E-state index in [9.17, 15) is 34.2 Å². The molecule has 0 aliphatic heterocycles. The minimum absolute atomic E-state index is 0.0653. The van der Waals surface area contributed by atoms with Gasteiger partial charge in [-0.2, -0.15) is 0 Å². The van der Waals surface area contributed by atoms with Gasteiger partial charge in [0.25, 0.3) is 0 Å². The molecule has 1 heterocycles. The zero-order valence-corrected chi connectivity index (χ0v) is 33.4. The lowest BCUT2D eigenvalue weighted by atomic mass is 9.44. The predicted molar refractivity (Wildman–Crippen MR) is 214 cm³/mol. The fourth-order valence-corrected chi connectivity index (χ4v) is 11.1. The number of aliphatic hydroxyl groups excluding tert-OH is 1. The number of aromatic nitrogens is 1. The van der Waals surface area contributed by atoms with E-state index in [4.69, 9.17) is 15.2 Å². The number of anilines is 1. The van der Waals surface area contributed by atoms with E-state index in [2.05, 4.69) is 10.3 Å². The lowest BCUT2D eigenvalue weighted by Gasteiger charge is -2.62. The number of nitrogens with one attached hydrogen (secondary N) is 1. The van der Waals surface area contributed by atoms with Gasteiger partial charge in [-0.3, -0.25) is 29.0 Å². The van der Waals surface area contributed by atoms with Crippen LogP contribution in [0.5, 0.6) is 0 Å². The first-order valence-corrected chi connectivity index (χ1v) is 20.4. The van der Waals surface area contributed by atoms with Gasteiger partial charge in [-0.25, -0.2) is 4.39 Å². The van der Waals surface area contributed by atoms with Crippen LogP contribution in [0.2, 0.25) is 0 Å². The van der Waals surface area contributed by atoms with E-state index in [-0.39, 0.29) is 37.7 Å². The number of pyridine rings is 1. The van der Waals surface area contributed by atoms with Crippen LogP contribution in [0.3, 0.4) is 0 Å². The number of hydrogen-bond donors (Lipinski definition) is 4. The molecule has 0 spiro atoms. The van der Waals surface area contributed by atoms with Crippen molar-refractivity contribution in [1.29, 1.82) is 0 Å². The molecule has 8 rings (SSSR count). The second-order valence-corrected chi connectivity index (χ2v) is 17.7. The summed E-state index contributed by atoms with van der Waals surface area (Å²) in [5.74, 6) is -6.47. The Labute approximate surface area is 341 Å². The zero-order valence-electron chi connectivity index (χ0n) is 33.4. The number of Topliss-reactive ketones (excluding diaryl/α,β-unsaturated/α-hetero) is 1. The van der Waals surface area contributed by atoms with Crippen LogP contribution in [0, 0.1) is 40.4 Å². The third-order valence-electron chi connectivity index (χ3n) is 14.6. The number of hydrogen-bond acceptors (Lipinski definition) is 11. The van der Waals surface area contributed by atoms with Crippen molar-refractivity contribution in [2.45, 2.75) is 82.8 Å². The highest BCUT2D eigenvalue weighted by atomic mass is 19.1. The van der Waals surface area contributed by atoms with Gasteiger partial charge in [0, 0.05) is 46.8 Å². The molecule has 12 nitrogen and oxygen atoms in total. The molecular weight excluding hydrogens is 758 g/mol. The average Bonchev–Trinajstić information content (AvgIpc) is 4.00. The number of esters is 2. The van der Waals surface area contributed by atoms with Crippen LogP contribution in [-0.2, 0) is 40.1 Å². The Bertz CT molecular complexity index is 2300. The Balaban J connectivity index is 0.836. The topological polar surface area (TPSA) is 195 Å². The molecule has 0 radical (unpaired) electrons. The first-order valence-electron chi connectivity index (χ1n) is 20.4. The Morgan fingerprint density at radius 2 is 1.73 bits per heavy atom. The maximum atomic E-state index is 17.5. The molecule has 13 heteroatoms. The number of alkyl halides is 1. The summed E-state index contributed by atoms with van der Waals surface area (Å²) in [5, 5.41) is 28.6. The summed E-state index contributed by atoms with van der Waals surface area (Å²) < 4.78 is 28.4.